The monoisotopic (exact) mass is 515 g/mol. The summed E-state index contributed by atoms with van der Waals surface area (Å²) in [5.41, 5.74) is 3.35. The highest BCUT2D eigenvalue weighted by Crippen LogP contribution is 2.20. The fourth-order valence-corrected chi connectivity index (χ4v) is 3.15. The minimum atomic E-state index is 0. The molecule has 29 heavy (non-hydrogen) atoms. The summed E-state index contributed by atoms with van der Waals surface area (Å²) in [6.45, 7) is 5.53. The van der Waals surface area contributed by atoms with Gasteiger partial charge in [-0.1, -0.05) is 31.1 Å². The summed E-state index contributed by atoms with van der Waals surface area (Å²) in [7, 11) is 7.61. The number of benzene rings is 1. The zero-order chi connectivity index (χ0) is 20.5. The van der Waals surface area contributed by atoms with Gasteiger partial charge in [-0.05, 0) is 38.2 Å². The second-order valence-corrected chi connectivity index (χ2v) is 6.80. The summed E-state index contributed by atoms with van der Waals surface area (Å²) < 4.78 is 10.7. The number of halogens is 1. The number of methoxy groups -OCH3 is 1. The van der Waals surface area contributed by atoms with E-state index in [9.17, 15) is 0 Å². The van der Waals surface area contributed by atoms with Crippen molar-refractivity contribution in [2.75, 3.05) is 34.8 Å². The maximum atomic E-state index is 5.44. The van der Waals surface area contributed by atoms with E-state index in [4.69, 9.17) is 9.26 Å². The van der Waals surface area contributed by atoms with Crippen molar-refractivity contribution in [2.24, 2.45) is 4.99 Å². The van der Waals surface area contributed by atoms with Crippen LogP contribution in [0.5, 0.6) is 5.75 Å². The second kappa shape index (κ2) is 12.7. The first-order chi connectivity index (χ1) is 13.5. The summed E-state index contributed by atoms with van der Waals surface area (Å²) in [4.78, 5) is 6.54. The molecule has 0 aliphatic rings. The smallest absolute Gasteiger partial charge is 0.191 e. The van der Waals surface area contributed by atoms with Crippen molar-refractivity contribution in [1.82, 2.24) is 20.7 Å². The van der Waals surface area contributed by atoms with E-state index in [1.807, 2.05) is 12.1 Å². The highest BCUT2D eigenvalue weighted by Gasteiger charge is 2.16. The Morgan fingerprint density at radius 2 is 1.86 bits per heavy atom. The van der Waals surface area contributed by atoms with Crippen LogP contribution in [0, 0.1) is 0 Å². The molecule has 0 spiro atoms. The molecular weight excluding hydrogens is 481 g/mol. The number of nitrogens with one attached hydrogen (secondary N) is 2. The fourth-order valence-electron chi connectivity index (χ4n) is 3.15. The molecule has 0 saturated heterocycles. The fraction of sp³-hybridized carbons (Fsp3) is 0.524. The van der Waals surface area contributed by atoms with Crippen LogP contribution in [-0.2, 0) is 19.4 Å². The van der Waals surface area contributed by atoms with E-state index in [0.717, 1.165) is 48.1 Å². The van der Waals surface area contributed by atoms with Crippen LogP contribution in [0.2, 0.25) is 0 Å². The van der Waals surface area contributed by atoms with Crippen LogP contribution in [0.25, 0.3) is 0 Å². The van der Waals surface area contributed by atoms with Gasteiger partial charge < -0.3 is 24.8 Å². The predicted molar refractivity (Wildman–Crippen MR) is 128 cm³/mol. The van der Waals surface area contributed by atoms with Crippen LogP contribution in [0.3, 0.4) is 0 Å². The molecule has 2 rings (SSSR count). The van der Waals surface area contributed by atoms with Crippen molar-refractivity contribution >= 4 is 29.9 Å². The molecule has 0 aliphatic carbocycles. The van der Waals surface area contributed by atoms with Crippen molar-refractivity contribution in [3.63, 3.8) is 0 Å². The molecule has 162 valence electrons. The lowest BCUT2D eigenvalue weighted by atomic mass is 10.1. The molecule has 0 aliphatic heterocycles. The lowest BCUT2D eigenvalue weighted by Crippen LogP contribution is -2.41. The molecule has 0 fully saturated rings. The second-order valence-electron chi connectivity index (χ2n) is 6.80. The van der Waals surface area contributed by atoms with Gasteiger partial charge in [-0.2, -0.15) is 0 Å². The molecular formula is C21H34IN5O2. The minimum Gasteiger partial charge on any atom is -0.497 e. The normalized spacial score (nSPS) is 12.4. The van der Waals surface area contributed by atoms with Crippen LogP contribution < -0.4 is 15.4 Å². The van der Waals surface area contributed by atoms with E-state index in [-0.39, 0.29) is 30.0 Å². The van der Waals surface area contributed by atoms with Gasteiger partial charge in [0.1, 0.15) is 11.5 Å². The Bertz CT molecular complexity index is 737. The molecule has 2 aromatic rings. The minimum absolute atomic E-state index is 0. The lowest BCUT2D eigenvalue weighted by Gasteiger charge is -2.26. The maximum absolute atomic E-state index is 5.44. The highest BCUT2D eigenvalue weighted by atomic mass is 127. The third-order valence-electron chi connectivity index (χ3n) is 4.85. The SMILES string of the molecule is CCc1noc(CC)c1CNC(=NC)NCC(c1ccc(OC)cc1)N(C)C.I. The molecule has 0 saturated carbocycles. The van der Waals surface area contributed by atoms with Gasteiger partial charge in [0.2, 0.25) is 0 Å². The Hall–Kier alpha value is -1.81. The largest absolute Gasteiger partial charge is 0.497 e. The molecule has 7 nitrogen and oxygen atoms in total. The van der Waals surface area contributed by atoms with E-state index in [1.54, 1.807) is 14.2 Å². The van der Waals surface area contributed by atoms with Gasteiger partial charge in [0.05, 0.1) is 18.8 Å². The summed E-state index contributed by atoms with van der Waals surface area (Å²) in [6, 6.07) is 8.38. The zero-order valence-electron chi connectivity index (χ0n) is 18.3. The van der Waals surface area contributed by atoms with Crippen molar-refractivity contribution in [3.8, 4) is 5.75 Å². The number of hydrogen-bond donors (Lipinski definition) is 2. The van der Waals surface area contributed by atoms with Gasteiger partial charge in [-0.25, -0.2) is 0 Å². The van der Waals surface area contributed by atoms with E-state index < -0.39 is 0 Å². The average molecular weight is 515 g/mol. The lowest BCUT2D eigenvalue weighted by molar-refractivity contribution is 0.298. The van der Waals surface area contributed by atoms with Crippen LogP contribution in [0.1, 0.15) is 42.5 Å². The van der Waals surface area contributed by atoms with E-state index in [1.165, 1.54) is 5.56 Å². The predicted octanol–water partition coefficient (Wildman–Crippen LogP) is 3.39. The topological polar surface area (TPSA) is 74.9 Å². The van der Waals surface area contributed by atoms with Crippen LogP contribution in [-0.4, -0.2) is 50.8 Å². The van der Waals surface area contributed by atoms with Gasteiger partial charge in [0.15, 0.2) is 5.96 Å². The third kappa shape index (κ3) is 6.88. The first kappa shape index (κ1) is 25.2. The van der Waals surface area contributed by atoms with Gasteiger partial charge in [-0.15, -0.1) is 24.0 Å². The van der Waals surface area contributed by atoms with Gasteiger partial charge in [0, 0.05) is 32.1 Å². The Labute approximate surface area is 191 Å². The third-order valence-corrected chi connectivity index (χ3v) is 4.85. The zero-order valence-corrected chi connectivity index (χ0v) is 20.6. The average Bonchev–Trinajstić information content (AvgIpc) is 3.12. The van der Waals surface area contributed by atoms with Crippen molar-refractivity contribution in [2.45, 2.75) is 39.3 Å². The molecule has 1 atom stereocenters. The Morgan fingerprint density at radius 1 is 1.17 bits per heavy atom. The number of guanidine groups is 1. The van der Waals surface area contributed by atoms with Gasteiger partial charge >= 0.3 is 0 Å². The number of likely N-dealkylation sites (N-methyl/N-ethyl adjacent to an activating group) is 1. The molecule has 2 N–H and O–H groups in total. The molecule has 1 aromatic carbocycles. The number of hydrogen-bond acceptors (Lipinski definition) is 5. The Kier molecular flexibility index (Phi) is 11.0. The first-order valence-electron chi connectivity index (χ1n) is 9.75. The van der Waals surface area contributed by atoms with E-state index in [2.05, 4.69) is 65.8 Å². The van der Waals surface area contributed by atoms with Crippen molar-refractivity contribution < 1.29 is 9.26 Å². The Balaban J connectivity index is 0.00000420. The van der Waals surface area contributed by atoms with Crippen LogP contribution in [0.15, 0.2) is 33.8 Å². The standard InChI is InChI=1S/C21H33N5O2.HI/c1-7-18-17(20(8-2)28-25-18)13-23-21(22-3)24-14-19(26(4)5)15-9-11-16(27-6)12-10-15;/h9-12,19H,7-8,13-14H2,1-6H3,(H2,22,23,24);1H. The van der Waals surface area contributed by atoms with Crippen LogP contribution in [0.4, 0.5) is 0 Å². The molecule has 1 aromatic heterocycles. The number of nitrogens with zero attached hydrogens (tertiary/aromatic N) is 3. The number of rotatable bonds is 9. The van der Waals surface area contributed by atoms with Gasteiger partial charge in [-0.3, -0.25) is 4.99 Å². The van der Waals surface area contributed by atoms with Crippen LogP contribution >= 0.6 is 24.0 Å². The molecule has 0 amide bonds. The van der Waals surface area contributed by atoms with Crippen molar-refractivity contribution in [3.05, 3.63) is 46.8 Å². The number of ether oxygens (including phenoxy) is 1. The molecule has 0 bridgehead atoms. The van der Waals surface area contributed by atoms with Gasteiger partial charge in [0.25, 0.3) is 0 Å². The summed E-state index contributed by atoms with van der Waals surface area (Å²) >= 11 is 0. The summed E-state index contributed by atoms with van der Waals surface area (Å²) in [5, 5.41) is 11.0. The quantitative estimate of drug-likeness (QED) is 0.303. The Morgan fingerprint density at radius 3 is 2.38 bits per heavy atom. The van der Waals surface area contributed by atoms with E-state index in [0.29, 0.717) is 6.54 Å². The number of aryl methyl sites for hydroxylation is 2. The summed E-state index contributed by atoms with van der Waals surface area (Å²) in [6.07, 6.45) is 1.68. The number of aliphatic imine (C=N–C) groups is 1. The van der Waals surface area contributed by atoms with E-state index >= 15 is 0 Å². The molecule has 0 radical (unpaired) electrons. The first-order valence-corrected chi connectivity index (χ1v) is 9.75. The molecule has 1 heterocycles. The molecule has 8 heteroatoms. The highest BCUT2D eigenvalue weighted by molar-refractivity contribution is 14.0. The maximum Gasteiger partial charge on any atom is 0.191 e. The molecule has 1 unspecified atom stereocenters. The summed E-state index contributed by atoms with van der Waals surface area (Å²) in [5.74, 6) is 2.55. The number of aromatic nitrogens is 1. The van der Waals surface area contributed by atoms with Crippen molar-refractivity contribution in [1.29, 1.82) is 0 Å².